The lowest BCUT2D eigenvalue weighted by atomic mass is 9.92. The molecule has 0 spiro atoms. The Morgan fingerprint density at radius 1 is 1.19 bits per heavy atom. The molecule has 0 bridgehead atoms. The lowest BCUT2D eigenvalue weighted by Crippen LogP contribution is -2.37. The van der Waals surface area contributed by atoms with Crippen molar-refractivity contribution in [2.75, 3.05) is 19.6 Å². The largest absolute Gasteiger partial charge is 0.330 e. The molecule has 1 saturated heterocycles. The maximum Gasteiger partial charge on any atom is 0.0320 e. The van der Waals surface area contributed by atoms with Gasteiger partial charge in [-0.2, -0.15) is 0 Å². The first-order valence-corrected chi connectivity index (χ1v) is 8.21. The van der Waals surface area contributed by atoms with Crippen molar-refractivity contribution in [1.82, 2.24) is 4.90 Å². The minimum Gasteiger partial charge on any atom is -0.330 e. The third kappa shape index (κ3) is 3.28. The first-order valence-electron chi connectivity index (χ1n) is 8.21. The summed E-state index contributed by atoms with van der Waals surface area (Å²) < 4.78 is 0. The van der Waals surface area contributed by atoms with E-state index in [9.17, 15) is 0 Å². The van der Waals surface area contributed by atoms with E-state index in [2.05, 4.69) is 54.3 Å². The molecule has 2 nitrogen and oxygen atoms in total. The van der Waals surface area contributed by atoms with E-state index in [1.807, 2.05) is 0 Å². The predicted octanol–water partition coefficient (Wildman–Crippen LogP) is 3.96. The molecule has 2 aromatic carbocycles. The van der Waals surface area contributed by atoms with Crippen LogP contribution in [-0.4, -0.2) is 24.5 Å². The van der Waals surface area contributed by atoms with Gasteiger partial charge < -0.3 is 5.73 Å². The molecular weight excluding hydrogens is 256 g/mol. The van der Waals surface area contributed by atoms with Gasteiger partial charge in [0.05, 0.1) is 0 Å². The van der Waals surface area contributed by atoms with E-state index in [0.29, 0.717) is 6.04 Å². The van der Waals surface area contributed by atoms with Gasteiger partial charge in [-0.1, -0.05) is 36.4 Å². The normalized spacial score (nSPS) is 21.5. The van der Waals surface area contributed by atoms with Crippen LogP contribution >= 0.6 is 0 Å². The van der Waals surface area contributed by atoms with Gasteiger partial charge in [0.2, 0.25) is 0 Å². The Morgan fingerprint density at radius 2 is 2.00 bits per heavy atom. The van der Waals surface area contributed by atoms with Gasteiger partial charge in [-0.3, -0.25) is 4.90 Å². The van der Waals surface area contributed by atoms with Gasteiger partial charge in [0, 0.05) is 12.6 Å². The summed E-state index contributed by atoms with van der Waals surface area (Å²) in [4.78, 5) is 2.63. The SMILES string of the molecule is CC(c1ccc2ccccc2c1)N1CCCC(CCN)C1. The van der Waals surface area contributed by atoms with E-state index >= 15 is 0 Å². The fraction of sp³-hybridized carbons (Fsp3) is 0.474. The van der Waals surface area contributed by atoms with Crippen LogP contribution in [0.1, 0.15) is 37.8 Å². The first kappa shape index (κ1) is 14.6. The smallest absolute Gasteiger partial charge is 0.0320 e. The second-order valence-electron chi connectivity index (χ2n) is 6.36. The second-order valence-corrected chi connectivity index (χ2v) is 6.36. The molecule has 1 fully saturated rings. The molecule has 2 heteroatoms. The number of rotatable bonds is 4. The Kier molecular flexibility index (Phi) is 4.57. The maximum atomic E-state index is 5.74. The number of nitrogens with zero attached hydrogens (tertiary/aromatic N) is 1. The van der Waals surface area contributed by atoms with Crippen LogP contribution in [0.4, 0.5) is 0 Å². The zero-order valence-electron chi connectivity index (χ0n) is 13.0. The van der Waals surface area contributed by atoms with Crippen LogP contribution in [0.25, 0.3) is 10.8 Å². The standard InChI is InChI=1S/C19H26N2/c1-15(21-12-4-5-16(14-21)10-11-20)18-9-8-17-6-2-3-7-19(17)13-18/h2-3,6-9,13,15-16H,4-5,10-12,14,20H2,1H3. The molecule has 2 atom stereocenters. The number of hydrogen-bond acceptors (Lipinski definition) is 2. The summed E-state index contributed by atoms with van der Waals surface area (Å²) in [5.74, 6) is 0.784. The van der Waals surface area contributed by atoms with Gasteiger partial charge in [0.15, 0.2) is 0 Å². The van der Waals surface area contributed by atoms with Crippen molar-refractivity contribution < 1.29 is 0 Å². The molecule has 0 aliphatic carbocycles. The summed E-state index contributed by atoms with van der Waals surface area (Å²) in [5, 5.41) is 2.67. The molecule has 2 N–H and O–H groups in total. The highest BCUT2D eigenvalue weighted by atomic mass is 15.2. The Balaban J connectivity index is 1.77. The molecule has 0 aromatic heterocycles. The third-order valence-electron chi connectivity index (χ3n) is 4.93. The summed E-state index contributed by atoms with van der Waals surface area (Å²) in [6, 6.07) is 16.0. The van der Waals surface area contributed by atoms with Gasteiger partial charge >= 0.3 is 0 Å². The summed E-state index contributed by atoms with van der Waals surface area (Å²) >= 11 is 0. The molecule has 1 heterocycles. The lowest BCUT2D eigenvalue weighted by Gasteiger charge is -2.37. The summed E-state index contributed by atoms with van der Waals surface area (Å²) in [6.07, 6.45) is 3.82. The molecule has 112 valence electrons. The van der Waals surface area contributed by atoms with Gasteiger partial charge in [0.25, 0.3) is 0 Å². The Morgan fingerprint density at radius 3 is 2.81 bits per heavy atom. The van der Waals surface area contributed by atoms with Crippen molar-refractivity contribution in [3.05, 3.63) is 48.0 Å². The fourth-order valence-corrected chi connectivity index (χ4v) is 3.60. The molecule has 2 aromatic rings. The molecule has 0 amide bonds. The van der Waals surface area contributed by atoms with Crippen LogP contribution in [0.2, 0.25) is 0 Å². The number of benzene rings is 2. The number of piperidine rings is 1. The van der Waals surface area contributed by atoms with Crippen molar-refractivity contribution in [3.8, 4) is 0 Å². The average Bonchev–Trinajstić information content (AvgIpc) is 2.54. The molecule has 21 heavy (non-hydrogen) atoms. The van der Waals surface area contributed by atoms with E-state index in [4.69, 9.17) is 5.73 Å². The van der Waals surface area contributed by atoms with Crippen LogP contribution in [0.15, 0.2) is 42.5 Å². The lowest BCUT2D eigenvalue weighted by molar-refractivity contribution is 0.128. The molecule has 1 aliphatic rings. The zero-order chi connectivity index (χ0) is 14.7. The first-order chi connectivity index (χ1) is 10.3. The quantitative estimate of drug-likeness (QED) is 0.919. The number of likely N-dealkylation sites (tertiary alicyclic amines) is 1. The maximum absolute atomic E-state index is 5.74. The van der Waals surface area contributed by atoms with Crippen molar-refractivity contribution in [1.29, 1.82) is 0 Å². The molecule has 2 unspecified atom stereocenters. The van der Waals surface area contributed by atoms with Gasteiger partial charge in [-0.05, 0) is 67.6 Å². The fourth-order valence-electron chi connectivity index (χ4n) is 3.60. The third-order valence-corrected chi connectivity index (χ3v) is 4.93. The van der Waals surface area contributed by atoms with Crippen LogP contribution < -0.4 is 5.73 Å². The molecule has 0 radical (unpaired) electrons. The monoisotopic (exact) mass is 282 g/mol. The van der Waals surface area contributed by atoms with E-state index < -0.39 is 0 Å². The van der Waals surface area contributed by atoms with E-state index in [1.165, 1.54) is 48.7 Å². The van der Waals surface area contributed by atoms with Gasteiger partial charge in [-0.25, -0.2) is 0 Å². The summed E-state index contributed by atoms with van der Waals surface area (Å²) in [6.45, 7) is 5.58. The number of nitrogens with two attached hydrogens (primary N) is 1. The summed E-state index contributed by atoms with van der Waals surface area (Å²) in [5.41, 5.74) is 7.17. The second kappa shape index (κ2) is 6.59. The van der Waals surface area contributed by atoms with Crippen LogP contribution in [0.5, 0.6) is 0 Å². The summed E-state index contributed by atoms with van der Waals surface area (Å²) in [7, 11) is 0. The predicted molar refractivity (Wildman–Crippen MR) is 90.3 cm³/mol. The average molecular weight is 282 g/mol. The molecule has 3 rings (SSSR count). The van der Waals surface area contributed by atoms with Gasteiger partial charge in [0.1, 0.15) is 0 Å². The highest BCUT2D eigenvalue weighted by Gasteiger charge is 2.23. The highest BCUT2D eigenvalue weighted by Crippen LogP contribution is 2.29. The minimum atomic E-state index is 0.496. The Labute approximate surface area is 127 Å². The minimum absolute atomic E-state index is 0.496. The Bertz CT molecular complexity index is 591. The van der Waals surface area contributed by atoms with Crippen LogP contribution in [-0.2, 0) is 0 Å². The van der Waals surface area contributed by atoms with Crippen molar-refractivity contribution in [2.24, 2.45) is 11.7 Å². The van der Waals surface area contributed by atoms with Crippen molar-refractivity contribution in [2.45, 2.75) is 32.2 Å². The molecule has 1 aliphatic heterocycles. The van der Waals surface area contributed by atoms with Gasteiger partial charge in [-0.15, -0.1) is 0 Å². The van der Waals surface area contributed by atoms with E-state index in [-0.39, 0.29) is 0 Å². The molecule has 0 saturated carbocycles. The zero-order valence-corrected chi connectivity index (χ0v) is 13.0. The van der Waals surface area contributed by atoms with E-state index in [0.717, 1.165) is 12.5 Å². The number of fused-ring (bicyclic) bond motifs is 1. The van der Waals surface area contributed by atoms with Crippen molar-refractivity contribution in [3.63, 3.8) is 0 Å². The highest BCUT2D eigenvalue weighted by molar-refractivity contribution is 5.83. The van der Waals surface area contributed by atoms with Crippen LogP contribution in [0, 0.1) is 5.92 Å². The van der Waals surface area contributed by atoms with Crippen molar-refractivity contribution >= 4 is 10.8 Å². The van der Waals surface area contributed by atoms with E-state index in [1.54, 1.807) is 0 Å². The topological polar surface area (TPSA) is 29.3 Å². The van der Waals surface area contributed by atoms with Crippen LogP contribution in [0.3, 0.4) is 0 Å². The number of hydrogen-bond donors (Lipinski definition) is 1. The Hall–Kier alpha value is -1.38. The molecular formula is C19H26N2.